The minimum Gasteiger partial charge on any atom is -0.308 e. The van der Waals surface area contributed by atoms with Gasteiger partial charge >= 0.3 is 0 Å². The fourth-order valence-corrected chi connectivity index (χ4v) is 7.95. The molecule has 0 fully saturated rings. The molecule has 0 N–H and O–H groups in total. The van der Waals surface area contributed by atoms with E-state index in [2.05, 4.69) is 102 Å². The van der Waals surface area contributed by atoms with Crippen LogP contribution in [-0.2, 0) is 0 Å². The van der Waals surface area contributed by atoms with E-state index in [1.807, 2.05) is 78.9 Å². The summed E-state index contributed by atoms with van der Waals surface area (Å²) in [6, 6.07) is 55.6. The Balaban J connectivity index is 1.28. The van der Waals surface area contributed by atoms with Gasteiger partial charge in [-0.3, -0.25) is 4.57 Å². The predicted octanol–water partition coefficient (Wildman–Crippen LogP) is 11.4. The zero-order valence-electron chi connectivity index (χ0n) is 30.6. The molecular formula is C49H31N7. The molecule has 3 aromatic heterocycles. The lowest BCUT2D eigenvalue weighted by Crippen LogP contribution is -2.08. The van der Waals surface area contributed by atoms with Crippen LogP contribution in [0.25, 0.3) is 89.2 Å². The summed E-state index contributed by atoms with van der Waals surface area (Å²) in [6.45, 7) is 4.23. The van der Waals surface area contributed by atoms with E-state index in [1.165, 1.54) is 11.1 Å². The zero-order chi connectivity index (χ0) is 37.9. The molecule has 0 unspecified atom stereocenters. The van der Waals surface area contributed by atoms with Crippen LogP contribution in [0.3, 0.4) is 0 Å². The second-order valence-electron chi connectivity index (χ2n) is 14.1. The molecule has 0 radical (unpaired) electrons. The molecule has 56 heavy (non-hydrogen) atoms. The number of aryl methyl sites for hydroxylation is 2. The van der Waals surface area contributed by atoms with Crippen LogP contribution in [0.15, 0.2) is 152 Å². The first-order valence-electron chi connectivity index (χ1n) is 18.4. The first-order valence-corrected chi connectivity index (χ1v) is 18.4. The van der Waals surface area contributed by atoms with Crippen molar-refractivity contribution >= 4 is 43.6 Å². The maximum Gasteiger partial charge on any atom is 0.238 e. The summed E-state index contributed by atoms with van der Waals surface area (Å²) in [4.78, 5) is 15.7. The highest BCUT2D eigenvalue weighted by Crippen LogP contribution is 2.38. The molecule has 0 spiro atoms. The Morgan fingerprint density at radius 2 is 0.982 bits per heavy atom. The van der Waals surface area contributed by atoms with Gasteiger partial charge in [0.05, 0.1) is 51.0 Å². The lowest BCUT2D eigenvalue weighted by molar-refractivity contribution is 0.951. The third-order valence-corrected chi connectivity index (χ3v) is 10.5. The van der Waals surface area contributed by atoms with Crippen molar-refractivity contribution < 1.29 is 0 Å². The molecule has 0 aliphatic rings. The monoisotopic (exact) mass is 717 g/mol. The Bertz CT molecular complexity index is 3200. The van der Waals surface area contributed by atoms with Gasteiger partial charge in [0.15, 0.2) is 11.6 Å². The molecule has 0 aliphatic carbocycles. The second-order valence-corrected chi connectivity index (χ2v) is 14.1. The van der Waals surface area contributed by atoms with Crippen molar-refractivity contribution in [3.05, 3.63) is 174 Å². The normalized spacial score (nSPS) is 11.4. The number of aromatic nitrogens is 5. The maximum atomic E-state index is 10.3. The molecule has 3 heterocycles. The molecule has 0 saturated carbocycles. The second kappa shape index (κ2) is 12.9. The molecule has 0 bridgehead atoms. The number of hydrogen-bond donors (Lipinski definition) is 0. The maximum absolute atomic E-state index is 10.3. The Morgan fingerprint density at radius 3 is 1.64 bits per heavy atom. The first-order chi connectivity index (χ1) is 27.5. The van der Waals surface area contributed by atoms with Crippen molar-refractivity contribution in [2.75, 3.05) is 0 Å². The quantitative estimate of drug-likeness (QED) is 0.177. The highest BCUT2D eigenvalue weighted by molar-refractivity contribution is 6.11. The van der Waals surface area contributed by atoms with Crippen molar-refractivity contribution in [1.82, 2.24) is 24.1 Å². The summed E-state index contributed by atoms with van der Waals surface area (Å²) in [5.74, 6) is 1.37. The van der Waals surface area contributed by atoms with Gasteiger partial charge in [-0.05, 0) is 97.8 Å². The summed E-state index contributed by atoms with van der Waals surface area (Å²) < 4.78 is 4.35. The molecule has 10 aromatic rings. The molecule has 10 rings (SSSR count). The molecule has 262 valence electrons. The van der Waals surface area contributed by atoms with Crippen LogP contribution < -0.4 is 0 Å². The topological polar surface area (TPSA) is 96.1 Å². The first kappa shape index (κ1) is 32.8. The number of benzene rings is 7. The largest absolute Gasteiger partial charge is 0.308 e. The van der Waals surface area contributed by atoms with Crippen molar-refractivity contribution in [1.29, 1.82) is 10.5 Å². The molecule has 7 nitrogen and oxygen atoms in total. The Morgan fingerprint density at radius 1 is 0.429 bits per heavy atom. The SMILES string of the molecule is Cc1ccc2c(c1)c1cc(C)ccc1n2-c1ccc(C#N)cc1-c1nc(-c2cccc(-c3cccc(C#N)c3)c2)nc(-n2c3ccccc3c3ccccc32)n1. The summed E-state index contributed by atoms with van der Waals surface area (Å²) in [6.07, 6.45) is 0. The predicted molar refractivity (Wildman–Crippen MR) is 224 cm³/mol. The summed E-state index contributed by atoms with van der Waals surface area (Å²) in [5.41, 5.74) is 11.7. The van der Waals surface area contributed by atoms with Crippen molar-refractivity contribution in [2.24, 2.45) is 0 Å². The molecule has 0 atom stereocenters. The number of rotatable bonds is 5. The minimum atomic E-state index is 0.435. The minimum absolute atomic E-state index is 0.435. The average Bonchev–Trinajstić information content (AvgIpc) is 3.75. The number of para-hydroxylation sites is 2. The molecule has 7 heteroatoms. The Labute approximate surface area is 322 Å². The highest BCUT2D eigenvalue weighted by atomic mass is 15.2. The fraction of sp³-hybridized carbons (Fsp3) is 0.0408. The van der Waals surface area contributed by atoms with Gasteiger partial charge < -0.3 is 4.57 Å². The standard InChI is InChI=1S/C49H31N7/c1-30-17-20-44-39(23-30)40-24-31(2)18-21-45(40)55(44)46-22-19-33(29-51)26-41(46)48-52-47(36-12-8-11-35(27-36)34-10-7-9-32(25-34)28-50)53-49(54-48)56-42-15-5-3-13-37(42)38-14-4-6-16-43(38)56/h3-27H,1-2H3. The number of nitriles is 2. The summed E-state index contributed by atoms with van der Waals surface area (Å²) >= 11 is 0. The van der Waals surface area contributed by atoms with Gasteiger partial charge in [0.2, 0.25) is 5.95 Å². The smallest absolute Gasteiger partial charge is 0.238 e. The van der Waals surface area contributed by atoms with E-state index >= 15 is 0 Å². The van der Waals surface area contributed by atoms with E-state index in [4.69, 9.17) is 15.0 Å². The lowest BCUT2D eigenvalue weighted by Gasteiger charge is -2.16. The van der Waals surface area contributed by atoms with Crippen LogP contribution in [0.5, 0.6) is 0 Å². The van der Waals surface area contributed by atoms with E-state index in [0.29, 0.717) is 34.3 Å². The van der Waals surface area contributed by atoms with Crippen molar-refractivity contribution in [3.63, 3.8) is 0 Å². The van der Waals surface area contributed by atoms with Gasteiger partial charge in [-0.15, -0.1) is 0 Å². The van der Waals surface area contributed by atoms with E-state index in [1.54, 1.807) is 6.07 Å². The van der Waals surface area contributed by atoms with Crippen molar-refractivity contribution in [2.45, 2.75) is 13.8 Å². The van der Waals surface area contributed by atoms with Gasteiger partial charge in [0.25, 0.3) is 0 Å². The van der Waals surface area contributed by atoms with Crippen LogP contribution >= 0.6 is 0 Å². The Hall–Kier alpha value is -7.87. The highest BCUT2D eigenvalue weighted by Gasteiger charge is 2.22. The van der Waals surface area contributed by atoms with Gasteiger partial charge in [0.1, 0.15) is 0 Å². The van der Waals surface area contributed by atoms with Crippen LogP contribution in [-0.4, -0.2) is 24.1 Å². The zero-order valence-corrected chi connectivity index (χ0v) is 30.6. The van der Waals surface area contributed by atoms with E-state index in [-0.39, 0.29) is 0 Å². The molecule has 0 saturated heterocycles. The number of fused-ring (bicyclic) bond motifs is 6. The van der Waals surface area contributed by atoms with Gasteiger partial charge in [-0.1, -0.05) is 90.0 Å². The van der Waals surface area contributed by atoms with Crippen LogP contribution in [0.1, 0.15) is 22.3 Å². The van der Waals surface area contributed by atoms with Crippen LogP contribution in [0.2, 0.25) is 0 Å². The van der Waals surface area contributed by atoms with E-state index in [9.17, 15) is 10.5 Å². The van der Waals surface area contributed by atoms with Gasteiger partial charge in [-0.25, -0.2) is 4.98 Å². The Kier molecular flexibility index (Phi) is 7.55. The number of hydrogen-bond acceptors (Lipinski definition) is 5. The molecular weight excluding hydrogens is 687 g/mol. The summed E-state index contributed by atoms with van der Waals surface area (Å²) in [5, 5.41) is 24.4. The average molecular weight is 718 g/mol. The number of nitrogens with zero attached hydrogens (tertiary/aromatic N) is 7. The third kappa shape index (κ3) is 5.30. The molecule has 0 amide bonds. The molecule has 7 aromatic carbocycles. The van der Waals surface area contributed by atoms with Gasteiger partial charge in [0, 0.05) is 32.7 Å². The van der Waals surface area contributed by atoms with E-state index in [0.717, 1.165) is 66.0 Å². The lowest BCUT2D eigenvalue weighted by atomic mass is 10.0. The fourth-order valence-electron chi connectivity index (χ4n) is 7.95. The third-order valence-electron chi connectivity index (χ3n) is 10.5. The van der Waals surface area contributed by atoms with Crippen LogP contribution in [0.4, 0.5) is 0 Å². The van der Waals surface area contributed by atoms with Gasteiger partial charge in [-0.2, -0.15) is 20.5 Å². The summed E-state index contributed by atoms with van der Waals surface area (Å²) in [7, 11) is 0. The molecule has 0 aliphatic heterocycles. The van der Waals surface area contributed by atoms with Crippen LogP contribution in [0, 0.1) is 36.5 Å². The van der Waals surface area contributed by atoms with Crippen molar-refractivity contribution in [3.8, 4) is 57.7 Å². The van der Waals surface area contributed by atoms with E-state index < -0.39 is 0 Å².